The van der Waals surface area contributed by atoms with Gasteiger partial charge in [-0.15, -0.1) is 17.0 Å². The van der Waals surface area contributed by atoms with E-state index in [9.17, 15) is 14.7 Å². The van der Waals surface area contributed by atoms with E-state index in [1.165, 1.54) is 11.0 Å². The van der Waals surface area contributed by atoms with Gasteiger partial charge < -0.3 is 24.2 Å². The number of fused-ring (bicyclic) bond motifs is 1. The highest BCUT2D eigenvalue weighted by molar-refractivity contribution is 8.93. The summed E-state index contributed by atoms with van der Waals surface area (Å²) in [5.41, 5.74) is 0.793. The molecule has 37 heavy (non-hydrogen) atoms. The van der Waals surface area contributed by atoms with E-state index in [-0.39, 0.29) is 88.8 Å². The number of ketones is 1. The van der Waals surface area contributed by atoms with E-state index in [1.807, 2.05) is 20.8 Å². The number of carboxylic acid groups (broad SMARTS) is 1. The van der Waals surface area contributed by atoms with Gasteiger partial charge in [0.15, 0.2) is 23.1 Å². The second kappa shape index (κ2) is 11.9. The van der Waals surface area contributed by atoms with Crippen molar-refractivity contribution in [2.45, 2.75) is 53.5 Å². The monoisotopic (exact) mass is 580 g/mol. The molecule has 0 aromatic heterocycles. The zero-order valence-electron chi connectivity index (χ0n) is 22.0. The van der Waals surface area contributed by atoms with Crippen molar-refractivity contribution in [2.24, 2.45) is 0 Å². The normalized spacial score (nSPS) is 12.6. The number of carboxylic acids is 1. The highest BCUT2D eigenvalue weighted by Crippen LogP contribution is 2.39. The van der Waals surface area contributed by atoms with Gasteiger partial charge in [0.25, 0.3) is 0 Å². The van der Waals surface area contributed by atoms with Crippen LogP contribution < -0.4 is 14.2 Å². The summed E-state index contributed by atoms with van der Waals surface area (Å²) in [7, 11) is 0. The highest BCUT2D eigenvalue weighted by Gasteiger charge is 2.34. The van der Waals surface area contributed by atoms with Gasteiger partial charge in [-0.05, 0) is 49.9 Å². The summed E-state index contributed by atoms with van der Waals surface area (Å²) in [5, 5.41) is 18.4. The van der Waals surface area contributed by atoms with Gasteiger partial charge in [-0.25, -0.2) is 9.18 Å². The maximum atomic E-state index is 15.3. The molecule has 8 nitrogen and oxygen atoms in total. The van der Waals surface area contributed by atoms with Gasteiger partial charge in [0.1, 0.15) is 17.1 Å². The summed E-state index contributed by atoms with van der Waals surface area (Å²) < 4.78 is 32.0. The van der Waals surface area contributed by atoms with E-state index in [0.29, 0.717) is 17.7 Å². The molecule has 0 fully saturated rings. The van der Waals surface area contributed by atoms with Crippen LogP contribution in [0.5, 0.6) is 17.2 Å². The molecule has 1 aliphatic rings. The molecule has 202 valence electrons. The first-order valence-electron chi connectivity index (χ1n) is 12.0. The van der Waals surface area contributed by atoms with Crippen LogP contribution in [0.25, 0.3) is 0 Å². The number of hydrogen-bond acceptors (Lipinski definition) is 6. The first kappa shape index (κ1) is 30.1. The van der Waals surface area contributed by atoms with Crippen LogP contribution in [0, 0.1) is 11.2 Å². The molecular weight excluding hydrogens is 547 g/mol. The zero-order valence-corrected chi connectivity index (χ0v) is 23.7. The number of aromatic carboxylic acids is 1. The number of ether oxygens (including phenoxy) is 3. The van der Waals surface area contributed by atoms with E-state index >= 15 is 4.39 Å². The lowest BCUT2D eigenvalue weighted by atomic mass is 9.83. The first-order chi connectivity index (χ1) is 16.9. The molecule has 0 bridgehead atoms. The molecule has 3 rings (SSSR count). The number of amidine groups is 1. The van der Waals surface area contributed by atoms with Gasteiger partial charge in [0.2, 0.25) is 0 Å². The minimum absolute atomic E-state index is 0. The van der Waals surface area contributed by atoms with Gasteiger partial charge in [-0.1, -0.05) is 20.8 Å². The molecule has 2 aromatic carbocycles. The Balaban J connectivity index is 0.00000481. The predicted molar refractivity (Wildman–Crippen MR) is 144 cm³/mol. The number of carbonyl (C=O) groups excluding carboxylic acids is 1. The van der Waals surface area contributed by atoms with Crippen molar-refractivity contribution < 1.29 is 33.3 Å². The van der Waals surface area contributed by atoms with Crippen LogP contribution in [0.4, 0.5) is 4.39 Å². The van der Waals surface area contributed by atoms with Gasteiger partial charge in [-0.3, -0.25) is 10.2 Å². The second-order valence-electron chi connectivity index (χ2n) is 9.43. The minimum atomic E-state index is -1.20. The Bertz CT molecular complexity index is 1210. The summed E-state index contributed by atoms with van der Waals surface area (Å²) in [5.74, 6) is -1.98. The number of Topliss-reactive ketones (excluding diaryl/α,β-unsaturated/α-hetero) is 1. The maximum Gasteiger partial charge on any atom is 0.339 e. The van der Waals surface area contributed by atoms with Gasteiger partial charge in [-0.2, -0.15) is 0 Å². The molecule has 10 heteroatoms. The van der Waals surface area contributed by atoms with E-state index < -0.39 is 17.2 Å². The number of carbonyl (C=O) groups is 2. The Morgan fingerprint density at radius 1 is 1.03 bits per heavy atom. The molecule has 1 heterocycles. The first-order valence-corrected chi connectivity index (χ1v) is 12.0. The lowest BCUT2D eigenvalue weighted by molar-refractivity contribution is 0.0692. The fourth-order valence-corrected chi connectivity index (χ4v) is 4.23. The number of halogens is 2. The van der Waals surface area contributed by atoms with Crippen molar-refractivity contribution in [1.82, 2.24) is 4.90 Å². The number of hydrogen-bond donors (Lipinski definition) is 2. The summed E-state index contributed by atoms with van der Waals surface area (Å²) in [6.07, 6.45) is 0. The van der Waals surface area contributed by atoms with Crippen LogP contribution in [-0.4, -0.2) is 54.0 Å². The number of benzene rings is 2. The van der Waals surface area contributed by atoms with Crippen molar-refractivity contribution in [2.75, 3.05) is 26.4 Å². The predicted octanol–water partition coefficient (Wildman–Crippen LogP) is 5.62. The molecule has 2 aromatic rings. The zero-order chi connectivity index (χ0) is 26.8. The van der Waals surface area contributed by atoms with Crippen LogP contribution >= 0.6 is 17.0 Å². The topological polar surface area (TPSA) is 109 Å². The third-order valence-corrected chi connectivity index (χ3v) is 5.84. The van der Waals surface area contributed by atoms with Gasteiger partial charge in [0, 0.05) is 17.7 Å². The third-order valence-electron chi connectivity index (χ3n) is 5.84. The molecular formula is C27H34BrFN2O6. The van der Waals surface area contributed by atoms with Crippen LogP contribution in [0.15, 0.2) is 18.2 Å². The minimum Gasteiger partial charge on any atom is -0.493 e. The Morgan fingerprint density at radius 3 is 2.16 bits per heavy atom. The SMILES string of the molecule is Br.CCOc1cc2c(c(F)c1OCC)C(=N)N(CC(=O)c1cc(C(=O)O)c(OCC)c(C(C)(C)C)c1)C2. The molecule has 0 atom stereocenters. The average Bonchev–Trinajstić information content (AvgIpc) is 3.10. The standard InChI is InChI=1S/C27H33FN2O6.BrH/c1-7-34-20-12-16-13-30(25(29)21(16)22(28)24(20)36-9-3)14-19(31)15-10-17(26(32)33)23(35-8-2)18(11-15)27(4,5)6;/h10-12,29H,7-9,13-14H2,1-6H3,(H,32,33);1H. The third kappa shape index (κ3) is 6.06. The Hall–Kier alpha value is -3.14. The Kier molecular flexibility index (Phi) is 9.71. The van der Waals surface area contributed by atoms with Gasteiger partial charge in [0.05, 0.1) is 31.9 Å². The summed E-state index contributed by atoms with van der Waals surface area (Å²) in [4.78, 5) is 26.8. The fraction of sp³-hybridized carbons (Fsp3) is 0.444. The van der Waals surface area contributed by atoms with Crippen LogP contribution in [0.2, 0.25) is 0 Å². The van der Waals surface area contributed by atoms with Crippen LogP contribution in [0.3, 0.4) is 0 Å². The Morgan fingerprint density at radius 2 is 1.62 bits per heavy atom. The van der Waals surface area contributed by atoms with Crippen molar-refractivity contribution in [3.63, 3.8) is 0 Å². The van der Waals surface area contributed by atoms with Crippen molar-refractivity contribution >= 4 is 34.6 Å². The number of rotatable bonds is 10. The lowest BCUT2D eigenvalue weighted by Crippen LogP contribution is -2.31. The largest absolute Gasteiger partial charge is 0.493 e. The summed E-state index contributed by atoms with van der Waals surface area (Å²) >= 11 is 0. The average molecular weight is 581 g/mol. The molecule has 1 aliphatic heterocycles. The van der Waals surface area contributed by atoms with Crippen molar-refractivity contribution in [3.05, 3.63) is 51.8 Å². The van der Waals surface area contributed by atoms with Crippen LogP contribution in [-0.2, 0) is 12.0 Å². The molecule has 0 saturated carbocycles. The molecule has 2 N–H and O–H groups in total. The maximum absolute atomic E-state index is 15.3. The van der Waals surface area contributed by atoms with E-state index in [1.54, 1.807) is 32.9 Å². The molecule has 0 unspecified atom stereocenters. The quantitative estimate of drug-likeness (QED) is 0.351. The molecule has 0 radical (unpaired) electrons. The molecule has 0 amide bonds. The summed E-state index contributed by atoms with van der Waals surface area (Å²) in [6, 6.07) is 4.59. The van der Waals surface area contributed by atoms with Crippen LogP contribution in [0.1, 0.15) is 78.9 Å². The summed E-state index contributed by atoms with van der Waals surface area (Å²) in [6.45, 7) is 11.7. The number of nitrogens with one attached hydrogen (secondary N) is 1. The van der Waals surface area contributed by atoms with E-state index in [4.69, 9.17) is 19.6 Å². The van der Waals surface area contributed by atoms with Crippen molar-refractivity contribution in [1.29, 1.82) is 5.41 Å². The smallest absolute Gasteiger partial charge is 0.339 e. The fourth-order valence-electron chi connectivity index (χ4n) is 4.23. The molecule has 0 aliphatic carbocycles. The Labute approximate surface area is 227 Å². The molecule has 0 spiro atoms. The second-order valence-corrected chi connectivity index (χ2v) is 9.43. The van der Waals surface area contributed by atoms with E-state index in [2.05, 4.69) is 0 Å². The molecule has 0 saturated heterocycles. The number of nitrogens with zero attached hydrogens (tertiary/aromatic N) is 1. The highest BCUT2D eigenvalue weighted by atomic mass is 79.9. The van der Waals surface area contributed by atoms with Crippen molar-refractivity contribution in [3.8, 4) is 17.2 Å². The van der Waals surface area contributed by atoms with E-state index in [0.717, 1.165) is 0 Å². The van der Waals surface area contributed by atoms with Gasteiger partial charge >= 0.3 is 5.97 Å². The lowest BCUT2D eigenvalue weighted by Gasteiger charge is -2.25.